The summed E-state index contributed by atoms with van der Waals surface area (Å²) < 4.78 is 6.11. The van der Waals surface area contributed by atoms with Gasteiger partial charge < -0.3 is 9.64 Å². The average molecular weight is 548 g/mol. The number of hydrogen-bond acceptors (Lipinski definition) is 4. The Morgan fingerprint density at radius 3 is 2.34 bits per heavy atom. The van der Waals surface area contributed by atoms with E-state index in [1.807, 2.05) is 7.05 Å². The zero-order chi connectivity index (χ0) is 27.5. The minimum Gasteiger partial charge on any atom is -0.462 e. The molecule has 0 aromatic rings. The lowest BCUT2D eigenvalue weighted by Crippen LogP contribution is -2.61. The van der Waals surface area contributed by atoms with Gasteiger partial charge in [0, 0.05) is 31.8 Å². The molecule has 218 valence electrons. The number of hydrogen-bond donors (Lipinski definition) is 0. The van der Waals surface area contributed by atoms with Gasteiger partial charge in [-0.25, -0.2) is 0 Å². The van der Waals surface area contributed by atoms with Crippen LogP contribution in [0.5, 0.6) is 0 Å². The average Bonchev–Trinajstić information content (AvgIpc) is 3.22. The van der Waals surface area contributed by atoms with Crippen molar-refractivity contribution in [2.75, 3.05) is 12.8 Å². The first-order chi connectivity index (χ1) is 18.1. The number of likely N-dealkylation sites (tertiary alicyclic amines) is 1. The molecule has 0 N–H and O–H groups in total. The predicted octanol–water partition coefficient (Wildman–Crippen LogP) is 8.27. The van der Waals surface area contributed by atoms with Gasteiger partial charge in [0.05, 0.1) is 0 Å². The molecule has 8 atom stereocenters. The summed E-state index contributed by atoms with van der Waals surface area (Å²) in [6, 6.07) is 0.426. The maximum atomic E-state index is 12.7. The molecule has 3 aliphatic carbocycles. The maximum Gasteiger partial charge on any atom is 0.306 e. The Morgan fingerprint density at radius 1 is 0.921 bits per heavy atom. The molecule has 0 spiro atoms. The highest BCUT2D eigenvalue weighted by atomic mass is 32.2. The Kier molecular flexibility index (Phi) is 10.2. The minimum atomic E-state index is 0.0227. The van der Waals surface area contributed by atoms with Gasteiger partial charge >= 0.3 is 5.97 Å². The van der Waals surface area contributed by atoms with Crippen molar-refractivity contribution in [3.63, 3.8) is 0 Å². The molecule has 0 radical (unpaired) electrons. The van der Waals surface area contributed by atoms with Crippen molar-refractivity contribution in [1.29, 1.82) is 0 Å². The fourth-order valence-electron chi connectivity index (χ4n) is 9.71. The van der Waals surface area contributed by atoms with Crippen LogP contribution in [0.3, 0.4) is 0 Å². The number of unbranched alkanes of at least 4 members (excludes halogenated alkanes) is 5. The summed E-state index contributed by atoms with van der Waals surface area (Å²) in [4.78, 5) is 27.3. The van der Waals surface area contributed by atoms with Crippen molar-refractivity contribution in [3.8, 4) is 0 Å². The van der Waals surface area contributed by atoms with Crippen LogP contribution in [0.25, 0.3) is 0 Å². The smallest absolute Gasteiger partial charge is 0.306 e. The first-order valence-electron chi connectivity index (χ1n) is 16.1. The molecular weight excluding hydrogens is 490 g/mol. The summed E-state index contributed by atoms with van der Waals surface area (Å²) in [5.74, 6) is 4.39. The molecule has 1 heterocycles. The van der Waals surface area contributed by atoms with Crippen molar-refractivity contribution in [3.05, 3.63) is 0 Å². The zero-order valence-corrected chi connectivity index (χ0v) is 26.3. The van der Waals surface area contributed by atoms with Gasteiger partial charge in [0.1, 0.15) is 6.10 Å². The maximum absolute atomic E-state index is 12.7. The molecule has 0 aromatic carbocycles. The van der Waals surface area contributed by atoms with Crippen LogP contribution in [0.2, 0.25) is 0 Å². The normalized spacial score (nSPS) is 37.5. The van der Waals surface area contributed by atoms with E-state index >= 15 is 0 Å². The Hall–Kier alpha value is -0.710. The van der Waals surface area contributed by atoms with Crippen LogP contribution in [0.15, 0.2) is 0 Å². The molecule has 3 saturated carbocycles. The lowest BCUT2D eigenvalue weighted by Gasteiger charge is -2.62. The number of carbonyl (C=O) groups is 2. The zero-order valence-electron chi connectivity index (χ0n) is 25.4. The van der Waals surface area contributed by atoms with Crippen LogP contribution in [0.4, 0.5) is 0 Å². The molecule has 38 heavy (non-hydrogen) atoms. The van der Waals surface area contributed by atoms with Crippen molar-refractivity contribution in [1.82, 2.24) is 4.90 Å². The number of rotatable bonds is 12. The van der Waals surface area contributed by atoms with Gasteiger partial charge in [-0.1, -0.05) is 53.4 Å². The van der Waals surface area contributed by atoms with Gasteiger partial charge in [0.25, 0.3) is 0 Å². The Labute approximate surface area is 238 Å². The summed E-state index contributed by atoms with van der Waals surface area (Å²) in [6.45, 7) is 11.7. The number of fused-ring (bicyclic) bond motifs is 5. The number of esters is 1. The number of ether oxygens (including phenoxy) is 1. The third kappa shape index (κ3) is 6.28. The van der Waals surface area contributed by atoms with Gasteiger partial charge in [-0.15, -0.1) is 0 Å². The van der Waals surface area contributed by atoms with Crippen LogP contribution in [0.1, 0.15) is 131 Å². The second kappa shape index (κ2) is 12.9. The van der Waals surface area contributed by atoms with Gasteiger partial charge in [0.15, 0.2) is 0 Å². The van der Waals surface area contributed by atoms with Gasteiger partial charge in [0.2, 0.25) is 5.91 Å². The highest BCUT2D eigenvalue weighted by Gasteiger charge is 2.61. The standard InChI is InChI=1S/C33H57NO3S/c1-23(2)38-22-12-10-8-7-9-11-13-31(36)37-24(3)26-15-16-27-25-14-17-29-33(5,21-19-30(35)34(29)6)28(25)18-20-32(26,27)4/h23-29H,7-22H2,1-6H3/t24?,25-,26+,27-,28-,29+,32+,33+/m0/s1. The molecule has 4 nitrogen and oxygen atoms in total. The Balaban J connectivity index is 1.22. The van der Waals surface area contributed by atoms with Crippen LogP contribution < -0.4 is 0 Å². The number of piperidine rings is 1. The van der Waals surface area contributed by atoms with E-state index in [4.69, 9.17) is 4.74 Å². The molecule has 4 fully saturated rings. The summed E-state index contributed by atoms with van der Waals surface area (Å²) in [7, 11) is 2.05. The fourth-order valence-corrected chi connectivity index (χ4v) is 10.6. The lowest BCUT2D eigenvalue weighted by molar-refractivity contribution is -0.164. The molecule has 4 aliphatic rings. The van der Waals surface area contributed by atoms with Crippen LogP contribution in [-0.2, 0) is 14.3 Å². The molecule has 1 aliphatic heterocycles. The van der Waals surface area contributed by atoms with Gasteiger partial charge in [-0.3, -0.25) is 9.59 Å². The molecule has 4 rings (SSSR count). The number of amides is 1. The van der Waals surface area contributed by atoms with E-state index in [0.717, 1.165) is 48.7 Å². The summed E-state index contributed by atoms with van der Waals surface area (Å²) in [6.07, 6.45) is 17.1. The third-order valence-corrected chi connectivity index (χ3v) is 12.9. The molecule has 1 amide bonds. The summed E-state index contributed by atoms with van der Waals surface area (Å²) in [5.41, 5.74) is 0.560. The first-order valence-corrected chi connectivity index (χ1v) is 17.2. The topological polar surface area (TPSA) is 46.6 Å². The van der Waals surface area contributed by atoms with E-state index in [0.29, 0.717) is 24.3 Å². The van der Waals surface area contributed by atoms with E-state index in [1.165, 1.54) is 70.0 Å². The third-order valence-electron chi connectivity index (χ3n) is 11.7. The second-order valence-corrected chi connectivity index (χ2v) is 15.9. The van der Waals surface area contributed by atoms with Crippen molar-refractivity contribution in [2.45, 2.75) is 148 Å². The molecule has 5 heteroatoms. The van der Waals surface area contributed by atoms with Crippen LogP contribution >= 0.6 is 11.8 Å². The Bertz CT molecular complexity index is 816. The monoisotopic (exact) mass is 547 g/mol. The number of thioether (sulfide) groups is 1. The van der Waals surface area contributed by atoms with Gasteiger partial charge in [-0.2, -0.15) is 11.8 Å². The first kappa shape index (κ1) is 30.3. The van der Waals surface area contributed by atoms with E-state index in [9.17, 15) is 9.59 Å². The van der Waals surface area contributed by atoms with Crippen LogP contribution in [0, 0.1) is 34.5 Å². The van der Waals surface area contributed by atoms with E-state index in [-0.39, 0.29) is 22.9 Å². The lowest BCUT2D eigenvalue weighted by atomic mass is 9.46. The van der Waals surface area contributed by atoms with Crippen LogP contribution in [-0.4, -0.2) is 47.0 Å². The van der Waals surface area contributed by atoms with Crippen molar-refractivity contribution >= 4 is 23.6 Å². The van der Waals surface area contributed by atoms with E-state index in [2.05, 4.69) is 51.3 Å². The fraction of sp³-hybridized carbons (Fsp3) is 0.939. The van der Waals surface area contributed by atoms with E-state index < -0.39 is 0 Å². The van der Waals surface area contributed by atoms with Crippen molar-refractivity contribution in [2.24, 2.45) is 34.5 Å². The number of carbonyl (C=O) groups excluding carboxylic acids is 2. The highest BCUT2D eigenvalue weighted by molar-refractivity contribution is 7.99. The quantitative estimate of drug-likeness (QED) is 0.182. The molecule has 0 bridgehead atoms. The predicted molar refractivity (Wildman–Crippen MR) is 159 cm³/mol. The minimum absolute atomic E-state index is 0.0227. The molecule has 0 aromatic heterocycles. The SMILES string of the molecule is CC(C)SCCCCCCCCC(=O)OC(C)[C@H]1CC[C@H]2[C@@H]3CC[C@H]4N(C)C(=O)CC[C@]4(C)[C@H]3CC[C@]12C. The van der Waals surface area contributed by atoms with Gasteiger partial charge in [-0.05, 0) is 104 Å². The summed E-state index contributed by atoms with van der Waals surface area (Å²) in [5, 5.41) is 0.742. The summed E-state index contributed by atoms with van der Waals surface area (Å²) >= 11 is 2.06. The molecular formula is C33H57NO3S. The van der Waals surface area contributed by atoms with Crippen molar-refractivity contribution < 1.29 is 14.3 Å². The van der Waals surface area contributed by atoms with E-state index in [1.54, 1.807) is 0 Å². The second-order valence-electron chi connectivity index (χ2n) is 14.2. The Morgan fingerprint density at radius 2 is 1.61 bits per heavy atom. The number of nitrogens with zero attached hydrogens (tertiary/aromatic N) is 1. The molecule has 1 unspecified atom stereocenters. The highest BCUT2D eigenvalue weighted by Crippen LogP contribution is 2.66. The molecule has 1 saturated heterocycles. The largest absolute Gasteiger partial charge is 0.462 e.